The predicted octanol–water partition coefficient (Wildman–Crippen LogP) is 1.02. The van der Waals surface area contributed by atoms with E-state index < -0.39 is 22.8 Å². The maximum absolute atomic E-state index is 12.2. The van der Waals surface area contributed by atoms with Crippen LogP contribution in [0, 0.1) is 10.1 Å². The molecule has 1 aliphatic rings. The summed E-state index contributed by atoms with van der Waals surface area (Å²) in [6, 6.07) is 2.58. The van der Waals surface area contributed by atoms with Gasteiger partial charge in [-0.2, -0.15) is 0 Å². The Morgan fingerprint density at radius 2 is 2.26 bits per heavy atom. The minimum atomic E-state index is -0.783. The average Bonchev–Trinajstić information content (AvgIpc) is 2.51. The summed E-state index contributed by atoms with van der Waals surface area (Å²) >= 11 is 0. The molecule has 0 spiro atoms. The topological polar surface area (TPSA) is 115 Å². The van der Waals surface area contributed by atoms with E-state index in [1.807, 2.05) is 6.92 Å². The number of ether oxygens (including phenoxy) is 1. The molecule has 0 radical (unpaired) electrons. The molecule has 2 amide bonds. The van der Waals surface area contributed by atoms with E-state index in [9.17, 15) is 19.7 Å². The molecule has 1 aromatic rings. The lowest BCUT2D eigenvalue weighted by molar-refractivity contribution is -0.389. The third-order valence-electron chi connectivity index (χ3n) is 3.34. The number of nitrogens with zero attached hydrogens (tertiary/aromatic N) is 3. The SMILES string of the molecule is CCCCNC(=O)CN1C(=O)C(C)Oc2ccc([N+](=O)[O-])nc21. The Morgan fingerprint density at radius 1 is 1.52 bits per heavy atom. The lowest BCUT2D eigenvalue weighted by atomic mass is 10.2. The van der Waals surface area contributed by atoms with Crippen molar-refractivity contribution in [2.75, 3.05) is 18.0 Å². The summed E-state index contributed by atoms with van der Waals surface area (Å²) in [5, 5.41) is 13.6. The molecule has 0 aliphatic carbocycles. The van der Waals surface area contributed by atoms with Gasteiger partial charge in [0, 0.05) is 12.6 Å². The second-order valence-corrected chi connectivity index (χ2v) is 5.14. The average molecular weight is 322 g/mol. The molecule has 2 heterocycles. The third kappa shape index (κ3) is 3.74. The number of anilines is 1. The largest absolute Gasteiger partial charge is 0.475 e. The van der Waals surface area contributed by atoms with Crippen LogP contribution in [0.15, 0.2) is 12.1 Å². The van der Waals surface area contributed by atoms with E-state index in [1.165, 1.54) is 12.1 Å². The Morgan fingerprint density at radius 3 is 2.91 bits per heavy atom. The highest BCUT2D eigenvalue weighted by Crippen LogP contribution is 2.33. The van der Waals surface area contributed by atoms with E-state index >= 15 is 0 Å². The van der Waals surface area contributed by atoms with Crippen molar-refractivity contribution in [2.24, 2.45) is 0 Å². The number of carbonyl (C=O) groups is 2. The molecule has 0 aromatic carbocycles. The molecule has 9 heteroatoms. The number of aromatic nitrogens is 1. The Bertz CT molecular complexity index is 634. The summed E-state index contributed by atoms with van der Waals surface area (Å²) in [5.74, 6) is -0.987. The molecular weight excluding hydrogens is 304 g/mol. The zero-order valence-corrected chi connectivity index (χ0v) is 12.9. The van der Waals surface area contributed by atoms with Crippen molar-refractivity contribution < 1.29 is 19.2 Å². The molecule has 0 saturated heterocycles. The molecule has 1 aromatic heterocycles. The van der Waals surface area contributed by atoms with Crippen molar-refractivity contribution in [2.45, 2.75) is 32.8 Å². The molecule has 9 nitrogen and oxygen atoms in total. The van der Waals surface area contributed by atoms with Gasteiger partial charge in [0.25, 0.3) is 11.7 Å². The van der Waals surface area contributed by atoms with E-state index in [0.717, 1.165) is 17.7 Å². The van der Waals surface area contributed by atoms with Crippen LogP contribution in [0.25, 0.3) is 0 Å². The highest BCUT2D eigenvalue weighted by molar-refractivity contribution is 6.02. The van der Waals surface area contributed by atoms with Gasteiger partial charge in [0.05, 0.1) is 0 Å². The first-order valence-electron chi connectivity index (χ1n) is 7.34. The first-order valence-corrected chi connectivity index (χ1v) is 7.34. The zero-order chi connectivity index (χ0) is 17.0. The van der Waals surface area contributed by atoms with Gasteiger partial charge in [-0.15, -0.1) is 0 Å². The molecule has 1 N–H and O–H groups in total. The Kier molecular flexibility index (Phi) is 5.09. The summed E-state index contributed by atoms with van der Waals surface area (Å²) < 4.78 is 5.38. The standard InChI is InChI=1S/C14H18N4O5/c1-3-4-7-15-12(19)8-17-13-10(23-9(2)14(17)20)5-6-11(16-13)18(21)22/h5-6,9H,3-4,7-8H2,1-2H3,(H,15,19). The predicted molar refractivity (Wildman–Crippen MR) is 81.3 cm³/mol. The molecule has 0 fully saturated rings. The van der Waals surface area contributed by atoms with Crippen LogP contribution in [0.2, 0.25) is 0 Å². The molecule has 1 atom stereocenters. The normalized spacial score (nSPS) is 16.5. The molecule has 0 saturated carbocycles. The van der Waals surface area contributed by atoms with Crippen LogP contribution in [0.1, 0.15) is 26.7 Å². The van der Waals surface area contributed by atoms with Crippen LogP contribution in [0.4, 0.5) is 11.6 Å². The van der Waals surface area contributed by atoms with Crippen molar-refractivity contribution in [3.8, 4) is 5.75 Å². The number of hydrogen-bond acceptors (Lipinski definition) is 6. The first kappa shape index (κ1) is 16.7. The Labute approximate surface area is 132 Å². The van der Waals surface area contributed by atoms with Gasteiger partial charge in [0.2, 0.25) is 5.91 Å². The van der Waals surface area contributed by atoms with Crippen molar-refractivity contribution in [3.05, 3.63) is 22.2 Å². The second kappa shape index (κ2) is 7.03. The number of nitrogens with one attached hydrogen (secondary N) is 1. The smallest absolute Gasteiger partial charge is 0.366 e. The number of pyridine rings is 1. The summed E-state index contributed by atoms with van der Waals surface area (Å²) in [5.41, 5.74) is 0. The number of fused-ring (bicyclic) bond motifs is 1. The minimum absolute atomic E-state index is 0.00654. The summed E-state index contributed by atoms with van der Waals surface area (Å²) in [4.78, 5) is 39.3. The first-order chi connectivity index (χ1) is 10.9. The summed E-state index contributed by atoms with van der Waals surface area (Å²) in [6.45, 7) is 3.81. The fourth-order valence-corrected chi connectivity index (χ4v) is 2.13. The van der Waals surface area contributed by atoms with Gasteiger partial charge in [-0.3, -0.25) is 14.5 Å². The van der Waals surface area contributed by atoms with Crippen LogP contribution in [0.3, 0.4) is 0 Å². The third-order valence-corrected chi connectivity index (χ3v) is 3.34. The van der Waals surface area contributed by atoms with Gasteiger partial charge in [0.1, 0.15) is 6.54 Å². The minimum Gasteiger partial charge on any atom is -0.475 e. The van der Waals surface area contributed by atoms with Crippen LogP contribution >= 0.6 is 0 Å². The van der Waals surface area contributed by atoms with Gasteiger partial charge < -0.3 is 20.2 Å². The quantitative estimate of drug-likeness (QED) is 0.475. The van der Waals surface area contributed by atoms with Gasteiger partial charge in [0.15, 0.2) is 11.9 Å². The molecule has 2 rings (SSSR count). The molecule has 1 aliphatic heterocycles. The van der Waals surface area contributed by atoms with Crippen molar-refractivity contribution in [1.82, 2.24) is 10.3 Å². The Balaban J connectivity index is 2.24. The molecule has 0 bridgehead atoms. The number of rotatable bonds is 6. The monoisotopic (exact) mass is 322 g/mol. The Hall–Kier alpha value is -2.71. The number of nitro groups is 1. The summed E-state index contributed by atoms with van der Waals surface area (Å²) in [6.07, 6.45) is 0.985. The molecular formula is C14H18N4O5. The zero-order valence-electron chi connectivity index (χ0n) is 12.9. The maximum Gasteiger partial charge on any atom is 0.366 e. The molecule has 1 unspecified atom stereocenters. The van der Waals surface area contributed by atoms with Gasteiger partial charge >= 0.3 is 5.82 Å². The number of hydrogen-bond donors (Lipinski definition) is 1. The maximum atomic E-state index is 12.2. The van der Waals surface area contributed by atoms with E-state index in [0.29, 0.717) is 6.54 Å². The van der Waals surface area contributed by atoms with Crippen molar-refractivity contribution >= 4 is 23.5 Å². The fraction of sp³-hybridized carbons (Fsp3) is 0.500. The van der Waals surface area contributed by atoms with E-state index in [-0.39, 0.29) is 24.0 Å². The van der Waals surface area contributed by atoms with E-state index in [1.54, 1.807) is 6.92 Å². The number of amides is 2. The van der Waals surface area contributed by atoms with Crippen LogP contribution in [0.5, 0.6) is 5.75 Å². The van der Waals surface area contributed by atoms with E-state index in [2.05, 4.69) is 10.3 Å². The van der Waals surface area contributed by atoms with Crippen molar-refractivity contribution in [1.29, 1.82) is 0 Å². The van der Waals surface area contributed by atoms with Gasteiger partial charge in [-0.05, 0) is 29.3 Å². The van der Waals surface area contributed by atoms with Gasteiger partial charge in [-0.1, -0.05) is 13.3 Å². The molecule has 124 valence electrons. The lowest BCUT2D eigenvalue weighted by Gasteiger charge is -2.28. The number of carbonyl (C=O) groups excluding carboxylic acids is 2. The van der Waals surface area contributed by atoms with Crippen molar-refractivity contribution in [3.63, 3.8) is 0 Å². The number of unbranched alkanes of at least 4 members (excludes halogenated alkanes) is 1. The fourth-order valence-electron chi connectivity index (χ4n) is 2.13. The highest BCUT2D eigenvalue weighted by Gasteiger charge is 2.37. The highest BCUT2D eigenvalue weighted by atomic mass is 16.6. The molecule has 23 heavy (non-hydrogen) atoms. The summed E-state index contributed by atoms with van der Waals surface area (Å²) in [7, 11) is 0. The lowest BCUT2D eigenvalue weighted by Crippen LogP contribution is -2.49. The van der Waals surface area contributed by atoms with Crippen LogP contribution in [-0.2, 0) is 9.59 Å². The van der Waals surface area contributed by atoms with Gasteiger partial charge in [-0.25, -0.2) is 0 Å². The van der Waals surface area contributed by atoms with E-state index in [4.69, 9.17) is 4.74 Å². The van der Waals surface area contributed by atoms with Crippen LogP contribution in [-0.4, -0.2) is 40.9 Å². The second-order valence-electron chi connectivity index (χ2n) is 5.14. The van der Waals surface area contributed by atoms with Crippen LogP contribution < -0.4 is 15.0 Å².